The van der Waals surface area contributed by atoms with Crippen LogP contribution >= 0.6 is 0 Å². The van der Waals surface area contributed by atoms with Crippen LogP contribution in [0.25, 0.3) is 0 Å². The average molecular weight is 376 g/mol. The topological polar surface area (TPSA) is 93.1 Å². The van der Waals surface area contributed by atoms with Crippen molar-refractivity contribution >= 4 is 17.8 Å². The molecule has 0 radical (unpaired) electrons. The minimum absolute atomic E-state index is 0.0172. The zero-order valence-corrected chi connectivity index (χ0v) is 15.2. The molecule has 142 valence electrons. The lowest BCUT2D eigenvalue weighted by Gasteiger charge is -2.17. The highest BCUT2D eigenvalue weighted by atomic mass is 16.5. The zero-order valence-electron chi connectivity index (χ0n) is 15.2. The van der Waals surface area contributed by atoms with E-state index in [4.69, 9.17) is 4.74 Å². The number of carbonyl (C=O) groups excluding carboxylic acids is 1. The summed E-state index contributed by atoms with van der Waals surface area (Å²) >= 11 is 0. The molecule has 3 aromatic rings. The highest BCUT2D eigenvalue weighted by molar-refractivity contribution is 5.78. The molecule has 0 spiro atoms. The number of amides is 1. The predicted octanol–water partition coefficient (Wildman–Crippen LogP) is 2.41. The summed E-state index contributed by atoms with van der Waals surface area (Å²) < 4.78 is 5.57. The second kappa shape index (κ2) is 8.43. The number of anilines is 2. The number of rotatable bonds is 6. The Bertz CT molecular complexity index is 922. The quantitative estimate of drug-likeness (QED) is 0.706. The summed E-state index contributed by atoms with van der Waals surface area (Å²) in [5.74, 6) is 1.74. The first-order valence-corrected chi connectivity index (χ1v) is 9.10. The molecule has 3 heterocycles. The summed E-state index contributed by atoms with van der Waals surface area (Å²) in [6.07, 6.45) is 5.86. The van der Waals surface area contributed by atoms with Gasteiger partial charge in [-0.05, 0) is 30.7 Å². The Morgan fingerprint density at radius 3 is 2.64 bits per heavy atom. The van der Waals surface area contributed by atoms with Gasteiger partial charge in [0.05, 0.1) is 5.69 Å². The lowest BCUT2D eigenvalue weighted by Crippen LogP contribution is -2.32. The van der Waals surface area contributed by atoms with Gasteiger partial charge in [0.25, 0.3) is 5.91 Å². The van der Waals surface area contributed by atoms with Crippen LogP contribution in [-0.2, 0) is 4.79 Å². The van der Waals surface area contributed by atoms with Crippen LogP contribution in [0.1, 0.15) is 18.0 Å². The molecule has 4 rings (SSSR count). The van der Waals surface area contributed by atoms with Crippen molar-refractivity contribution in [1.29, 1.82) is 0 Å². The van der Waals surface area contributed by atoms with Gasteiger partial charge in [0.2, 0.25) is 11.9 Å². The number of nitrogens with zero attached hydrogens (tertiary/aromatic N) is 5. The molecular formula is C20H20N6O2. The molecule has 0 unspecified atom stereocenters. The maximum atomic E-state index is 12.4. The minimum Gasteiger partial charge on any atom is -0.484 e. The van der Waals surface area contributed by atoms with E-state index in [9.17, 15) is 4.79 Å². The fourth-order valence-electron chi connectivity index (χ4n) is 3.11. The number of likely N-dealkylation sites (tertiary alicyclic amines) is 1. The Labute approximate surface area is 162 Å². The standard InChI is InChI=1S/C20H20N6O2/c27-18(14-28-16-5-2-1-3-6-16)26-12-8-15(13-26)17-7-11-23-20(24-17)25-19-21-9-4-10-22-19/h1-7,9-11,15H,8,12-14H2,(H,21,22,23,24,25)/t15-/m1/s1. The van der Waals surface area contributed by atoms with Crippen molar-refractivity contribution in [2.75, 3.05) is 25.0 Å². The fraction of sp³-hybridized carbons (Fsp3) is 0.250. The second-order valence-corrected chi connectivity index (χ2v) is 6.43. The zero-order chi connectivity index (χ0) is 19.2. The van der Waals surface area contributed by atoms with E-state index in [0.29, 0.717) is 30.7 Å². The van der Waals surface area contributed by atoms with Crippen LogP contribution in [0.4, 0.5) is 11.9 Å². The number of aromatic nitrogens is 4. The van der Waals surface area contributed by atoms with Gasteiger partial charge < -0.3 is 9.64 Å². The SMILES string of the molecule is O=C(COc1ccccc1)N1CC[C@@H](c2ccnc(Nc3ncccn3)n2)C1. The van der Waals surface area contributed by atoms with Crippen molar-refractivity contribution in [3.63, 3.8) is 0 Å². The number of nitrogens with one attached hydrogen (secondary N) is 1. The molecule has 2 aromatic heterocycles. The predicted molar refractivity (Wildman–Crippen MR) is 103 cm³/mol. The van der Waals surface area contributed by atoms with E-state index in [1.807, 2.05) is 41.3 Å². The van der Waals surface area contributed by atoms with Gasteiger partial charge in [-0.25, -0.2) is 19.9 Å². The largest absolute Gasteiger partial charge is 0.484 e. The van der Waals surface area contributed by atoms with Gasteiger partial charge in [-0.1, -0.05) is 18.2 Å². The second-order valence-electron chi connectivity index (χ2n) is 6.43. The van der Waals surface area contributed by atoms with Gasteiger partial charge in [-0.2, -0.15) is 0 Å². The fourth-order valence-corrected chi connectivity index (χ4v) is 3.11. The van der Waals surface area contributed by atoms with Gasteiger partial charge in [-0.15, -0.1) is 0 Å². The lowest BCUT2D eigenvalue weighted by molar-refractivity contribution is -0.132. The number of para-hydroxylation sites is 1. The molecule has 28 heavy (non-hydrogen) atoms. The van der Waals surface area contributed by atoms with Crippen LogP contribution in [0.5, 0.6) is 5.75 Å². The van der Waals surface area contributed by atoms with E-state index in [1.165, 1.54) is 0 Å². The Hall–Kier alpha value is -3.55. The molecule has 8 heteroatoms. The molecule has 1 amide bonds. The van der Waals surface area contributed by atoms with Crippen molar-refractivity contribution in [2.24, 2.45) is 0 Å². The smallest absolute Gasteiger partial charge is 0.260 e. The van der Waals surface area contributed by atoms with Gasteiger partial charge in [-0.3, -0.25) is 10.1 Å². The van der Waals surface area contributed by atoms with Gasteiger partial charge in [0.15, 0.2) is 6.61 Å². The highest BCUT2D eigenvalue weighted by Crippen LogP contribution is 2.26. The van der Waals surface area contributed by atoms with E-state index >= 15 is 0 Å². The Balaban J connectivity index is 1.34. The first-order valence-electron chi connectivity index (χ1n) is 9.10. The molecule has 1 aliphatic rings. The molecule has 8 nitrogen and oxygen atoms in total. The van der Waals surface area contributed by atoms with Gasteiger partial charge in [0, 0.05) is 37.6 Å². The molecule has 0 saturated carbocycles. The molecule has 1 fully saturated rings. The number of benzene rings is 1. The third-order valence-electron chi connectivity index (χ3n) is 4.53. The van der Waals surface area contributed by atoms with Crippen molar-refractivity contribution in [1.82, 2.24) is 24.8 Å². The van der Waals surface area contributed by atoms with Gasteiger partial charge in [0.1, 0.15) is 5.75 Å². The molecule has 0 bridgehead atoms. The summed E-state index contributed by atoms with van der Waals surface area (Å²) in [7, 11) is 0. The first-order chi connectivity index (χ1) is 13.8. The van der Waals surface area contributed by atoms with Crippen LogP contribution in [-0.4, -0.2) is 50.4 Å². The van der Waals surface area contributed by atoms with Crippen molar-refractivity contribution in [2.45, 2.75) is 12.3 Å². The molecule has 1 aromatic carbocycles. The Kier molecular flexibility index (Phi) is 5.37. The molecule has 0 aliphatic carbocycles. The van der Waals surface area contributed by atoms with E-state index < -0.39 is 0 Å². The normalized spacial score (nSPS) is 16.0. The maximum absolute atomic E-state index is 12.4. The Morgan fingerprint density at radius 1 is 1.04 bits per heavy atom. The van der Waals surface area contributed by atoms with Crippen molar-refractivity contribution < 1.29 is 9.53 Å². The number of hydrogen-bond donors (Lipinski definition) is 1. The van der Waals surface area contributed by atoms with Crippen LogP contribution in [0.15, 0.2) is 61.1 Å². The number of carbonyl (C=O) groups is 1. The van der Waals surface area contributed by atoms with E-state index in [1.54, 1.807) is 24.7 Å². The van der Waals surface area contributed by atoms with Crippen LogP contribution in [0.3, 0.4) is 0 Å². The minimum atomic E-state index is -0.0172. The summed E-state index contributed by atoms with van der Waals surface area (Å²) in [5, 5.41) is 3.00. The van der Waals surface area contributed by atoms with Crippen LogP contribution < -0.4 is 10.1 Å². The molecule has 1 atom stereocenters. The molecular weight excluding hydrogens is 356 g/mol. The lowest BCUT2D eigenvalue weighted by atomic mass is 10.1. The average Bonchev–Trinajstić information content (AvgIpc) is 3.24. The summed E-state index contributed by atoms with van der Waals surface area (Å²) in [4.78, 5) is 31.3. The van der Waals surface area contributed by atoms with Crippen molar-refractivity contribution in [3.8, 4) is 5.75 Å². The van der Waals surface area contributed by atoms with Gasteiger partial charge >= 0.3 is 0 Å². The third kappa shape index (κ3) is 4.40. The van der Waals surface area contributed by atoms with E-state index in [-0.39, 0.29) is 18.4 Å². The number of ether oxygens (including phenoxy) is 1. The van der Waals surface area contributed by atoms with E-state index in [2.05, 4.69) is 25.3 Å². The van der Waals surface area contributed by atoms with Crippen molar-refractivity contribution in [3.05, 3.63) is 66.7 Å². The maximum Gasteiger partial charge on any atom is 0.260 e. The van der Waals surface area contributed by atoms with Crippen LogP contribution in [0, 0.1) is 0 Å². The van der Waals surface area contributed by atoms with Crippen LogP contribution in [0.2, 0.25) is 0 Å². The Morgan fingerprint density at radius 2 is 1.82 bits per heavy atom. The first kappa shape index (κ1) is 17.8. The number of hydrogen-bond acceptors (Lipinski definition) is 7. The summed E-state index contributed by atoms with van der Waals surface area (Å²) in [6, 6.07) is 13.0. The van der Waals surface area contributed by atoms with E-state index in [0.717, 1.165) is 12.1 Å². The monoisotopic (exact) mass is 376 g/mol. The summed E-state index contributed by atoms with van der Waals surface area (Å²) in [6.45, 7) is 1.35. The third-order valence-corrected chi connectivity index (χ3v) is 4.53. The highest BCUT2D eigenvalue weighted by Gasteiger charge is 2.28. The molecule has 1 N–H and O–H groups in total. The molecule has 1 saturated heterocycles. The molecule has 1 aliphatic heterocycles. The summed E-state index contributed by atoms with van der Waals surface area (Å²) in [5.41, 5.74) is 0.896.